The Balaban J connectivity index is 2.47. The monoisotopic (exact) mass is 283 g/mol. The Morgan fingerprint density at radius 2 is 2.05 bits per heavy atom. The lowest BCUT2D eigenvalue weighted by Gasteiger charge is -2.26. The summed E-state index contributed by atoms with van der Waals surface area (Å²) < 4.78 is 5.85. The Morgan fingerprint density at radius 1 is 1.42 bits per heavy atom. The van der Waals surface area contributed by atoms with Crippen LogP contribution in [0.1, 0.15) is 64.7 Å². The third-order valence-electron chi connectivity index (χ3n) is 3.37. The number of rotatable bonds is 5. The van der Waals surface area contributed by atoms with Gasteiger partial charge in [-0.1, -0.05) is 12.8 Å². The van der Waals surface area contributed by atoms with Gasteiger partial charge in [0.15, 0.2) is 11.5 Å². The normalized spacial score (nSPS) is 17.6. The molecule has 1 aromatic rings. The minimum Gasteiger partial charge on any atom is -0.476 e. The van der Waals surface area contributed by atoms with Crippen molar-refractivity contribution in [1.82, 2.24) is 4.98 Å². The number of Topliss-reactive ketones (excluding diaryl/α,β-unsaturated/α-hetero) is 1. The van der Waals surface area contributed by atoms with Gasteiger partial charge in [-0.3, -0.25) is 4.79 Å². The molecular weight excluding hydrogens is 266 g/mol. The van der Waals surface area contributed by atoms with E-state index >= 15 is 0 Å². The summed E-state index contributed by atoms with van der Waals surface area (Å²) in [6.07, 6.45) is 3.75. The largest absolute Gasteiger partial charge is 0.476 e. The highest BCUT2D eigenvalue weighted by molar-refractivity contribution is 7.14. The maximum atomic E-state index is 11.5. The molecule has 2 rings (SSSR count). The molecule has 1 saturated carbocycles. The second kappa shape index (κ2) is 5.38. The van der Waals surface area contributed by atoms with Gasteiger partial charge in [-0.05, 0) is 19.8 Å². The summed E-state index contributed by atoms with van der Waals surface area (Å²) in [6.45, 7) is 3.83. The van der Waals surface area contributed by atoms with Crippen molar-refractivity contribution >= 4 is 23.1 Å². The Labute approximate surface area is 115 Å². The van der Waals surface area contributed by atoms with Crippen molar-refractivity contribution < 1.29 is 19.4 Å². The standard InChI is InChI=1S/C13H17NO4S/c1-3-18-13(6-4-5-7-13)12-14-9(11(16)17)10(19-12)8(2)15/h3-7H2,1-2H3,(H,16,17). The van der Waals surface area contributed by atoms with E-state index in [1.54, 1.807) is 0 Å². The Bertz CT molecular complexity index is 471. The number of carboxylic acid groups (broad SMARTS) is 1. The third kappa shape index (κ3) is 2.55. The number of ether oxygens (including phenoxy) is 1. The fourth-order valence-electron chi connectivity index (χ4n) is 2.54. The van der Waals surface area contributed by atoms with Crippen molar-refractivity contribution in [2.24, 2.45) is 0 Å². The van der Waals surface area contributed by atoms with E-state index in [9.17, 15) is 9.59 Å². The highest BCUT2D eigenvalue weighted by Crippen LogP contribution is 2.44. The lowest BCUT2D eigenvalue weighted by Crippen LogP contribution is -2.26. The average Bonchev–Trinajstić information content (AvgIpc) is 2.94. The van der Waals surface area contributed by atoms with Crippen LogP contribution in [0.2, 0.25) is 0 Å². The molecule has 0 unspecified atom stereocenters. The quantitative estimate of drug-likeness (QED) is 0.841. The summed E-state index contributed by atoms with van der Waals surface area (Å²) in [5, 5.41) is 9.77. The Morgan fingerprint density at radius 3 is 2.47 bits per heavy atom. The summed E-state index contributed by atoms with van der Waals surface area (Å²) in [7, 11) is 0. The molecule has 1 heterocycles. The first-order valence-electron chi connectivity index (χ1n) is 6.39. The zero-order chi connectivity index (χ0) is 14.0. The minimum absolute atomic E-state index is 0.140. The number of aromatic carboxylic acids is 1. The highest BCUT2D eigenvalue weighted by Gasteiger charge is 2.40. The molecule has 1 fully saturated rings. The lowest BCUT2D eigenvalue weighted by molar-refractivity contribution is -0.0391. The lowest BCUT2D eigenvalue weighted by atomic mass is 10.0. The van der Waals surface area contributed by atoms with Crippen molar-refractivity contribution in [2.45, 2.75) is 45.1 Å². The van der Waals surface area contributed by atoms with Gasteiger partial charge in [-0.25, -0.2) is 9.78 Å². The van der Waals surface area contributed by atoms with Crippen molar-refractivity contribution in [1.29, 1.82) is 0 Å². The number of carbonyl (C=O) groups excluding carboxylic acids is 1. The first-order valence-corrected chi connectivity index (χ1v) is 7.21. The first-order chi connectivity index (χ1) is 9.00. The number of carbonyl (C=O) groups is 2. The van der Waals surface area contributed by atoms with Gasteiger partial charge in [0.05, 0.1) is 0 Å². The molecule has 1 aliphatic carbocycles. The highest BCUT2D eigenvalue weighted by atomic mass is 32.1. The zero-order valence-electron chi connectivity index (χ0n) is 11.1. The van der Waals surface area contributed by atoms with Gasteiger partial charge < -0.3 is 9.84 Å². The van der Waals surface area contributed by atoms with Crippen molar-refractivity contribution in [3.05, 3.63) is 15.6 Å². The van der Waals surface area contributed by atoms with Gasteiger partial charge >= 0.3 is 5.97 Å². The summed E-state index contributed by atoms with van der Waals surface area (Å²) in [5.74, 6) is -1.41. The summed E-state index contributed by atoms with van der Waals surface area (Å²) in [5.41, 5.74) is -0.629. The zero-order valence-corrected chi connectivity index (χ0v) is 11.9. The van der Waals surface area contributed by atoms with E-state index in [4.69, 9.17) is 9.84 Å². The number of ketones is 1. The molecule has 19 heavy (non-hydrogen) atoms. The third-order valence-corrected chi connectivity index (χ3v) is 4.71. The number of aromatic nitrogens is 1. The molecule has 6 heteroatoms. The second-order valence-corrected chi connectivity index (χ2v) is 5.69. The molecule has 0 spiro atoms. The molecule has 1 N–H and O–H groups in total. The van der Waals surface area contributed by atoms with E-state index in [0.717, 1.165) is 25.7 Å². The number of carboxylic acids is 1. The van der Waals surface area contributed by atoms with E-state index in [-0.39, 0.29) is 16.4 Å². The molecule has 0 amide bonds. The van der Waals surface area contributed by atoms with Gasteiger partial charge in [-0.2, -0.15) is 0 Å². The molecule has 5 nitrogen and oxygen atoms in total. The SMILES string of the molecule is CCOC1(c2nc(C(=O)O)c(C(C)=O)s2)CCCC1. The summed E-state index contributed by atoms with van der Waals surface area (Å²) in [6, 6.07) is 0. The van der Waals surface area contributed by atoms with Crippen LogP contribution in [0.4, 0.5) is 0 Å². The molecule has 104 valence electrons. The van der Waals surface area contributed by atoms with E-state index in [0.29, 0.717) is 11.6 Å². The van der Waals surface area contributed by atoms with E-state index < -0.39 is 11.6 Å². The number of hydrogen-bond donors (Lipinski definition) is 1. The topological polar surface area (TPSA) is 76.5 Å². The molecule has 0 aliphatic heterocycles. The Hall–Kier alpha value is -1.27. The van der Waals surface area contributed by atoms with Crippen LogP contribution >= 0.6 is 11.3 Å². The van der Waals surface area contributed by atoms with Gasteiger partial charge in [-0.15, -0.1) is 11.3 Å². The van der Waals surface area contributed by atoms with Crippen LogP contribution in [0, 0.1) is 0 Å². The molecule has 1 aliphatic rings. The molecule has 0 radical (unpaired) electrons. The van der Waals surface area contributed by atoms with Gasteiger partial charge in [0.25, 0.3) is 0 Å². The van der Waals surface area contributed by atoms with Crippen LogP contribution in [-0.2, 0) is 10.3 Å². The maximum Gasteiger partial charge on any atom is 0.356 e. The predicted molar refractivity (Wildman–Crippen MR) is 70.8 cm³/mol. The van der Waals surface area contributed by atoms with Crippen LogP contribution < -0.4 is 0 Å². The predicted octanol–water partition coefficient (Wildman–Crippen LogP) is 2.85. The Kier molecular flexibility index (Phi) is 4.01. The molecule has 0 aromatic carbocycles. The van der Waals surface area contributed by atoms with E-state index in [1.807, 2.05) is 6.92 Å². The van der Waals surface area contributed by atoms with Crippen LogP contribution in [0.25, 0.3) is 0 Å². The first kappa shape index (κ1) is 14.1. The van der Waals surface area contributed by atoms with Crippen LogP contribution in [-0.4, -0.2) is 28.4 Å². The van der Waals surface area contributed by atoms with Crippen molar-refractivity contribution in [2.75, 3.05) is 6.61 Å². The van der Waals surface area contributed by atoms with E-state index in [2.05, 4.69) is 4.98 Å². The maximum absolute atomic E-state index is 11.5. The van der Waals surface area contributed by atoms with Gasteiger partial charge in [0.2, 0.25) is 0 Å². The fraction of sp³-hybridized carbons (Fsp3) is 0.615. The van der Waals surface area contributed by atoms with Crippen molar-refractivity contribution in [3.63, 3.8) is 0 Å². The molecule has 0 bridgehead atoms. The van der Waals surface area contributed by atoms with Gasteiger partial charge in [0.1, 0.15) is 15.5 Å². The smallest absolute Gasteiger partial charge is 0.356 e. The number of hydrogen-bond acceptors (Lipinski definition) is 5. The van der Waals surface area contributed by atoms with Crippen LogP contribution in [0.15, 0.2) is 0 Å². The average molecular weight is 283 g/mol. The van der Waals surface area contributed by atoms with Crippen LogP contribution in [0.5, 0.6) is 0 Å². The molecule has 1 aromatic heterocycles. The fourth-order valence-corrected chi connectivity index (χ4v) is 3.69. The van der Waals surface area contributed by atoms with Gasteiger partial charge in [0, 0.05) is 13.5 Å². The van der Waals surface area contributed by atoms with E-state index in [1.165, 1.54) is 18.3 Å². The number of nitrogens with zero attached hydrogens (tertiary/aromatic N) is 1. The molecule has 0 saturated heterocycles. The van der Waals surface area contributed by atoms with Crippen LogP contribution in [0.3, 0.4) is 0 Å². The molecule has 0 atom stereocenters. The summed E-state index contributed by atoms with van der Waals surface area (Å²) in [4.78, 5) is 27.1. The van der Waals surface area contributed by atoms with Crippen molar-refractivity contribution in [3.8, 4) is 0 Å². The summed E-state index contributed by atoms with van der Waals surface area (Å²) >= 11 is 1.17. The second-order valence-electron chi connectivity index (χ2n) is 4.69. The minimum atomic E-state index is -1.16. The molecular formula is C13H17NO4S. The number of thiazole rings is 1.